The largest absolute Gasteiger partial charge is 0.455 e. The van der Waals surface area contributed by atoms with Crippen LogP contribution in [0.4, 0.5) is 0 Å². The molecule has 0 amide bonds. The van der Waals surface area contributed by atoms with Crippen LogP contribution >= 0.6 is 0 Å². The van der Waals surface area contributed by atoms with Crippen LogP contribution in [0.5, 0.6) is 0 Å². The number of rotatable bonds is 0. The number of carbonyl (C=O) groups is 2. The number of nitrogens with zero attached hydrogens (tertiary/aromatic N) is 1. The molecule has 1 aromatic heterocycles. The summed E-state index contributed by atoms with van der Waals surface area (Å²) in [6, 6.07) is 4.52. The number of pyridine rings is 1. The Morgan fingerprint density at radius 3 is 1.59 bits per heavy atom. The molecule has 0 saturated carbocycles. The van der Waals surface area contributed by atoms with Gasteiger partial charge in [0.25, 0.3) is 0 Å². The summed E-state index contributed by atoms with van der Waals surface area (Å²) >= 11 is 0. The fraction of sp³-hybridized carbons (Fsp3) is 0.632. The number of cyclic esters (lactones) is 2. The van der Waals surface area contributed by atoms with E-state index in [2.05, 4.69) is 4.98 Å². The maximum atomic E-state index is 12.2. The highest BCUT2D eigenvalue weighted by molar-refractivity contribution is 5.91. The fourth-order valence-corrected chi connectivity index (χ4v) is 2.49. The highest BCUT2D eigenvalue weighted by Crippen LogP contribution is 2.08. The van der Waals surface area contributed by atoms with Gasteiger partial charge in [-0.25, -0.2) is 14.6 Å². The van der Waals surface area contributed by atoms with Crippen LogP contribution < -0.4 is 0 Å². The van der Waals surface area contributed by atoms with Gasteiger partial charge in [0.2, 0.25) is 0 Å². The molecular weight excluding hydrogens is 354 g/mol. The van der Waals surface area contributed by atoms with E-state index in [4.69, 9.17) is 23.7 Å². The Bertz CT molecular complexity index is 587. The standard InChI is InChI=1S/C19H27NO7/c1-12-8-23-10-14(3)26-18(21)16-6-5-7-17(20-16)19(22)27-15(4)11-24-9-13(2)25-12/h5-7,12-15H,8-11H2,1-4H3. The SMILES string of the molecule is CC1COCC(C)OC(C)COCC(C)OC(=O)c2cccc(n2)C(=O)O1. The molecule has 2 bridgehead atoms. The van der Waals surface area contributed by atoms with Gasteiger partial charge in [-0.2, -0.15) is 0 Å². The molecule has 2 heterocycles. The van der Waals surface area contributed by atoms with Gasteiger partial charge in [0.15, 0.2) is 0 Å². The van der Waals surface area contributed by atoms with Crippen molar-refractivity contribution in [1.82, 2.24) is 4.98 Å². The first-order chi connectivity index (χ1) is 12.8. The molecule has 0 aliphatic carbocycles. The third-order valence-electron chi connectivity index (χ3n) is 3.66. The van der Waals surface area contributed by atoms with Gasteiger partial charge in [0.1, 0.15) is 23.6 Å². The molecule has 4 unspecified atom stereocenters. The second kappa shape index (κ2) is 10.3. The summed E-state index contributed by atoms with van der Waals surface area (Å²) in [6.45, 7) is 8.42. The minimum Gasteiger partial charge on any atom is -0.455 e. The molecule has 0 aromatic carbocycles. The molecule has 0 N–H and O–H groups in total. The topological polar surface area (TPSA) is 93.2 Å². The van der Waals surface area contributed by atoms with Crippen molar-refractivity contribution in [3.05, 3.63) is 29.6 Å². The van der Waals surface area contributed by atoms with E-state index in [1.807, 2.05) is 13.8 Å². The summed E-state index contributed by atoms with van der Waals surface area (Å²) < 4.78 is 27.5. The van der Waals surface area contributed by atoms with Gasteiger partial charge in [0, 0.05) is 0 Å². The zero-order valence-corrected chi connectivity index (χ0v) is 16.2. The van der Waals surface area contributed by atoms with Crippen LogP contribution in [-0.4, -0.2) is 67.8 Å². The lowest BCUT2D eigenvalue weighted by Crippen LogP contribution is -2.29. The van der Waals surface area contributed by atoms with E-state index < -0.39 is 24.1 Å². The summed E-state index contributed by atoms with van der Waals surface area (Å²) in [5, 5.41) is 0. The number of esters is 2. The number of hydrogen-bond donors (Lipinski definition) is 0. The lowest BCUT2D eigenvalue weighted by atomic mass is 10.3. The summed E-state index contributed by atoms with van der Waals surface area (Å²) in [6.07, 6.45) is -1.22. The third-order valence-corrected chi connectivity index (χ3v) is 3.66. The zero-order valence-electron chi connectivity index (χ0n) is 16.2. The van der Waals surface area contributed by atoms with Crippen LogP contribution in [0.2, 0.25) is 0 Å². The Labute approximate surface area is 159 Å². The lowest BCUT2D eigenvalue weighted by molar-refractivity contribution is -0.0861. The molecule has 2 rings (SSSR count). The van der Waals surface area contributed by atoms with E-state index in [0.717, 1.165) is 0 Å². The number of ether oxygens (including phenoxy) is 5. The van der Waals surface area contributed by atoms with E-state index >= 15 is 0 Å². The van der Waals surface area contributed by atoms with Crippen LogP contribution in [0, 0.1) is 0 Å². The van der Waals surface area contributed by atoms with Crippen molar-refractivity contribution >= 4 is 11.9 Å². The normalized spacial score (nSPS) is 29.2. The van der Waals surface area contributed by atoms with Crippen molar-refractivity contribution < 1.29 is 33.3 Å². The molecule has 8 nitrogen and oxygen atoms in total. The van der Waals surface area contributed by atoms with Crippen LogP contribution in [0.3, 0.4) is 0 Å². The van der Waals surface area contributed by atoms with E-state index in [1.165, 1.54) is 12.1 Å². The minimum absolute atomic E-state index is 0.0341. The second-order valence-corrected chi connectivity index (χ2v) is 6.67. The van der Waals surface area contributed by atoms with Crippen molar-refractivity contribution in [2.45, 2.75) is 52.1 Å². The van der Waals surface area contributed by atoms with Crippen molar-refractivity contribution in [3.63, 3.8) is 0 Å². The Balaban J connectivity index is 2.11. The molecule has 1 aliphatic heterocycles. The first-order valence-electron chi connectivity index (χ1n) is 9.05. The monoisotopic (exact) mass is 381 g/mol. The number of aromatic nitrogens is 1. The lowest BCUT2D eigenvalue weighted by Gasteiger charge is -2.21. The second-order valence-electron chi connectivity index (χ2n) is 6.67. The molecule has 8 heteroatoms. The van der Waals surface area contributed by atoms with E-state index in [-0.39, 0.29) is 36.8 Å². The van der Waals surface area contributed by atoms with Gasteiger partial charge in [-0.05, 0) is 39.8 Å². The third kappa shape index (κ3) is 7.24. The van der Waals surface area contributed by atoms with Crippen LogP contribution in [0.15, 0.2) is 18.2 Å². The number of carbonyl (C=O) groups excluding carboxylic acids is 2. The average molecular weight is 381 g/mol. The number of hydrogen-bond acceptors (Lipinski definition) is 8. The van der Waals surface area contributed by atoms with Crippen LogP contribution in [0.1, 0.15) is 48.7 Å². The summed E-state index contributed by atoms with van der Waals surface area (Å²) in [7, 11) is 0. The molecule has 0 spiro atoms. The van der Waals surface area contributed by atoms with Crippen molar-refractivity contribution in [2.24, 2.45) is 0 Å². The van der Waals surface area contributed by atoms with E-state index in [0.29, 0.717) is 13.2 Å². The van der Waals surface area contributed by atoms with Gasteiger partial charge >= 0.3 is 11.9 Å². The molecule has 4 atom stereocenters. The summed E-state index contributed by atoms with van der Waals surface area (Å²) in [4.78, 5) is 28.5. The Morgan fingerprint density at radius 1 is 0.741 bits per heavy atom. The highest BCUT2D eigenvalue weighted by Gasteiger charge is 2.19. The number of fused-ring (bicyclic) bond motifs is 2. The molecule has 0 fully saturated rings. The fourth-order valence-electron chi connectivity index (χ4n) is 2.49. The average Bonchev–Trinajstić information content (AvgIpc) is 2.60. The quantitative estimate of drug-likeness (QED) is 0.630. The van der Waals surface area contributed by atoms with E-state index in [9.17, 15) is 9.59 Å². The van der Waals surface area contributed by atoms with Gasteiger partial charge in [0.05, 0.1) is 38.6 Å². The predicted molar refractivity (Wildman–Crippen MR) is 95.6 cm³/mol. The predicted octanol–water partition coefficient (Wildman–Crippen LogP) is 2.01. The molecule has 150 valence electrons. The Hall–Kier alpha value is -2.03. The van der Waals surface area contributed by atoms with Gasteiger partial charge in [-0.3, -0.25) is 0 Å². The molecule has 27 heavy (non-hydrogen) atoms. The Kier molecular flexibility index (Phi) is 8.15. The molecular formula is C19H27NO7. The van der Waals surface area contributed by atoms with Gasteiger partial charge in [-0.1, -0.05) is 6.07 Å². The van der Waals surface area contributed by atoms with E-state index in [1.54, 1.807) is 19.9 Å². The molecule has 1 aliphatic rings. The Morgan fingerprint density at radius 2 is 1.15 bits per heavy atom. The van der Waals surface area contributed by atoms with Crippen LogP contribution in [0.25, 0.3) is 0 Å². The highest BCUT2D eigenvalue weighted by atomic mass is 16.6. The summed E-state index contributed by atoms with van der Waals surface area (Å²) in [5.41, 5.74) is 0.0682. The van der Waals surface area contributed by atoms with Gasteiger partial charge in [-0.15, -0.1) is 0 Å². The molecule has 0 saturated heterocycles. The zero-order chi connectivity index (χ0) is 19.8. The van der Waals surface area contributed by atoms with Crippen molar-refractivity contribution in [3.8, 4) is 0 Å². The minimum atomic E-state index is -0.629. The maximum absolute atomic E-state index is 12.2. The van der Waals surface area contributed by atoms with Crippen LogP contribution in [-0.2, 0) is 23.7 Å². The van der Waals surface area contributed by atoms with Crippen molar-refractivity contribution in [1.29, 1.82) is 0 Å². The maximum Gasteiger partial charge on any atom is 0.357 e. The summed E-state index contributed by atoms with van der Waals surface area (Å²) in [5.74, 6) is -1.26. The first-order valence-corrected chi connectivity index (χ1v) is 9.05. The molecule has 0 radical (unpaired) electrons. The first kappa shape index (κ1) is 21.3. The van der Waals surface area contributed by atoms with Crippen molar-refractivity contribution in [2.75, 3.05) is 26.4 Å². The molecule has 1 aromatic rings. The smallest absolute Gasteiger partial charge is 0.357 e. The van der Waals surface area contributed by atoms with Gasteiger partial charge < -0.3 is 23.7 Å².